The van der Waals surface area contributed by atoms with Crippen molar-refractivity contribution in [1.82, 2.24) is 5.32 Å². The van der Waals surface area contributed by atoms with Crippen molar-refractivity contribution in [1.29, 1.82) is 0 Å². The van der Waals surface area contributed by atoms with Crippen LogP contribution >= 0.6 is 11.6 Å². The third-order valence-electron chi connectivity index (χ3n) is 3.87. The Bertz CT molecular complexity index is 961. The van der Waals surface area contributed by atoms with E-state index in [0.29, 0.717) is 0 Å². The number of anilines is 1. The van der Waals surface area contributed by atoms with Gasteiger partial charge in [-0.05, 0) is 36.4 Å². The van der Waals surface area contributed by atoms with Crippen LogP contribution in [0.5, 0.6) is 0 Å². The Morgan fingerprint density at radius 2 is 1.57 bits per heavy atom. The second-order valence-electron chi connectivity index (χ2n) is 5.96. The number of nitrogens with one attached hydrogen (secondary N) is 2. The van der Waals surface area contributed by atoms with E-state index < -0.39 is 29.6 Å². The zero-order valence-electron chi connectivity index (χ0n) is 16.1. The number of amides is 2. The highest BCUT2D eigenvalue weighted by atomic mass is 35.5. The van der Waals surface area contributed by atoms with Gasteiger partial charge in [0, 0.05) is 18.7 Å². The third-order valence-corrected chi connectivity index (χ3v) is 4.19. The van der Waals surface area contributed by atoms with Crippen molar-refractivity contribution in [3.63, 3.8) is 0 Å². The molecule has 0 aliphatic carbocycles. The van der Waals surface area contributed by atoms with E-state index in [1.165, 1.54) is 38.5 Å². The topological polar surface area (TPSA) is 111 Å². The number of methoxy groups -OCH3 is 2. The molecule has 0 fully saturated rings. The van der Waals surface area contributed by atoms with Crippen LogP contribution in [0.2, 0.25) is 5.02 Å². The summed E-state index contributed by atoms with van der Waals surface area (Å²) in [5.41, 5.74) is 0.355. The van der Waals surface area contributed by atoms with Gasteiger partial charge in [0.15, 0.2) is 0 Å². The molecule has 0 atom stereocenters. The van der Waals surface area contributed by atoms with Crippen LogP contribution in [0.25, 0.3) is 0 Å². The van der Waals surface area contributed by atoms with E-state index in [-0.39, 0.29) is 40.4 Å². The van der Waals surface area contributed by atoms with Gasteiger partial charge in [0.25, 0.3) is 5.91 Å². The predicted molar refractivity (Wildman–Crippen MR) is 106 cm³/mol. The second-order valence-corrected chi connectivity index (χ2v) is 6.37. The van der Waals surface area contributed by atoms with Crippen LogP contribution < -0.4 is 10.6 Å². The van der Waals surface area contributed by atoms with Crippen LogP contribution in [-0.4, -0.2) is 44.5 Å². The summed E-state index contributed by atoms with van der Waals surface area (Å²) in [5, 5.41) is 4.98. The maximum Gasteiger partial charge on any atom is 0.337 e. The maximum absolute atomic E-state index is 13.1. The molecule has 8 nitrogen and oxygen atoms in total. The molecule has 10 heteroatoms. The number of carbonyl (C=O) groups excluding carboxylic acids is 4. The number of halogens is 2. The van der Waals surface area contributed by atoms with Crippen LogP contribution in [0.3, 0.4) is 0 Å². The minimum atomic E-state index is -0.695. The van der Waals surface area contributed by atoms with Gasteiger partial charge in [0.2, 0.25) is 5.91 Å². The smallest absolute Gasteiger partial charge is 0.337 e. The Kier molecular flexibility index (Phi) is 7.88. The molecule has 0 unspecified atom stereocenters. The molecule has 2 aromatic carbocycles. The summed E-state index contributed by atoms with van der Waals surface area (Å²) in [6.07, 6.45) is -0.111. The molecule has 0 saturated heterocycles. The average molecular weight is 437 g/mol. The molecule has 0 aliphatic rings. The standard InChI is InChI=1S/C20H18ClFN2O6/c1-29-19(27)11-7-12(20(28)30-2)9-14(8-11)24-17(25)5-6-23-18(26)15-4-3-13(22)10-16(15)21/h3-4,7-10H,5-6H2,1-2H3,(H,23,26)(H,24,25). The summed E-state index contributed by atoms with van der Waals surface area (Å²) < 4.78 is 22.3. The monoisotopic (exact) mass is 436 g/mol. The lowest BCUT2D eigenvalue weighted by molar-refractivity contribution is -0.116. The summed E-state index contributed by atoms with van der Waals surface area (Å²) >= 11 is 5.82. The highest BCUT2D eigenvalue weighted by molar-refractivity contribution is 6.33. The zero-order valence-corrected chi connectivity index (χ0v) is 16.8. The molecule has 0 radical (unpaired) electrons. The molecule has 2 aromatic rings. The SMILES string of the molecule is COC(=O)c1cc(NC(=O)CCNC(=O)c2ccc(F)cc2Cl)cc(C(=O)OC)c1. The van der Waals surface area contributed by atoms with E-state index in [0.717, 1.165) is 12.1 Å². The zero-order chi connectivity index (χ0) is 22.3. The minimum absolute atomic E-state index is 0.0288. The van der Waals surface area contributed by atoms with Crippen LogP contribution in [0, 0.1) is 5.82 Å². The van der Waals surface area contributed by atoms with Gasteiger partial charge in [-0.3, -0.25) is 9.59 Å². The van der Waals surface area contributed by atoms with Gasteiger partial charge in [-0.25, -0.2) is 14.0 Å². The lowest BCUT2D eigenvalue weighted by Gasteiger charge is -2.10. The molecule has 2 amide bonds. The average Bonchev–Trinajstić information content (AvgIpc) is 2.72. The highest BCUT2D eigenvalue weighted by Gasteiger charge is 2.15. The molecule has 0 heterocycles. The Balaban J connectivity index is 2.00. The van der Waals surface area contributed by atoms with Gasteiger partial charge in [-0.1, -0.05) is 11.6 Å². The first kappa shape index (κ1) is 22.8. The maximum atomic E-state index is 13.1. The first-order chi connectivity index (χ1) is 14.2. The molecule has 0 aromatic heterocycles. The highest BCUT2D eigenvalue weighted by Crippen LogP contribution is 2.18. The Hall–Kier alpha value is -3.46. The Morgan fingerprint density at radius 3 is 2.10 bits per heavy atom. The normalized spacial score (nSPS) is 10.1. The second kappa shape index (κ2) is 10.4. The summed E-state index contributed by atoms with van der Waals surface area (Å²) in [6, 6.07) is 7.30. The van der Waals surface area contributed by atoms with Gasteiger partial charge >= 0.3 is 11.9 Å². The van der Waals surface area contributed by atoms with Gasteiger partial charge in [-0.2, -0.15) is 0 Å². The molecule has 0 aliphatic heterocycles. The summed E-state index contributed by atoms with van der Waals surface area (Å²) in [7, 11) is 2.36. The molecule has 30 heavy (non-hydrogen) atoms. The molecule has 158 valence electrons. The Morgan fingerprint density at radius 1 is 0.967 bits per heavy atom. The minimum Gasteiger partial charge on any atom is -0.465 e. The van der Waals surface area contributed by atoms with Crippen molar-refractivity contribution >= 4 is 41.0 Å². The lowest BCUT2D eigenvalue weighted by atomic mass is 10.1. The van der Waals surface area contributed by atoms with Crippen molar-refractivity contribution in [3.05, 3.63) is 63.9 Å². The van der Waals surface area contributed by atoms with Crippen LogP contribution in [-0.2, 0) is 14.3 Å². The van der Waals surface area contributed by atoms with Crippen molar-refractivity contribution in [2.75, 3.05) is 26.1 Å². The quantitative estimate of drug-likeness (QED) is 0.646. The first-order valence-corrected chi connectivity index (χ1v) is 8.97. The molecular weight excluding hydrogens is 419 g/mol. The fourth-order valence-electron chi connectivity index (χ4n) is 2.45. The van der Waals surface area contributed by atoms with Crippen molar-refractivity contribution in [2.45, 2.75) is 6.42 Å². The van der Waals surface area contributed by atoms with Crippen LogP contribution in [0.1, 0.15) is 37.5 Å². The van der Waals surface area contributed by atoms with Crippen molar-refractivity contribution < 1.29 is 33.0 Å². The fourth-order valence-corrected chi connectivity index (χ4v) is 2.71. The number of hydrogen-bond acceptors (Lipinski definition) is 6. The van der Waals surface area contributed by atoms with Crippen molar-refractivity contribution in [2.24, 2.45) is 0 Å². The predicted octanol–water partition coefficient (Wildman–Crippen LogP) is 2.81. The third kappa shape index (κ3) is 6.02. The van der Waals surface area contributed by atoms with E-state index in [4.69, 9.17) is 11.6 Å². The molecule has 2 N–H and O–H groups in total. The number of rotatable bonds is 7. The Labute approximate surface area is 176 Å². The number of ether oxygens (including phenoxy) is 2. The molecule has 2 rings (SSSR count). The summed E-state index contributed by atoms with van der Waals surface area (Å²) in [6.45, 7) is -0.0288. The van der Waals surface area contributed by atoms with Gasteiger partial charge in [0.1, 0.15) is 5.82 Å². The number of hydrogen-bond donors (Lipinski definition) is 2. The van der Waals surface area contributed by atoms with E-state index in [9.17, 15) is 23.6 Å². The number of esters is 2. The lowest BCUT2D eigenvalue weighted by Crippen LogP contribution is -2.28. The van der Waals surface area contributed by atoms with Crippen LogP contribution in [0.4, 0.5) is 10.1 Å². The molecule has 0 spiro atoms. The van der Waals surface area contributed by atoms with E-state index in [1.54, 1.807) is 0 Å². The molecular formula is C20H18ClFN2O6. The number of carbonyl (C=O) groups is 4. The van der Waals surface area contributed by atoms with Gasteiger partial charge < -0.3 is 20.1 Å². The fraction of sp³-hybridized carbons (Fsp3) is 0.200. The van der Waals surface area contributed by atoms with Crippen LogP contribution in [0.15, 0.2) is 36.4 Å². The number of benzene rings is 2. The van der Waals surface area contributed by atoms with Crippen molar-refractivity contribution in [3.8, 4) is 0 Å². The molecule has 0 bridgehead atoms. The first-order valence-electron chi connectivity index (χ1n) is 8.60. The van der Waals surface area contributed by atoms with E-state index in [2.05, 4.69) is 20.1 Å². The molecule has 0 saturated carbocycles. The van der Waals surface area contributed by atoms with E-state index in [1.807, 2.05) is 0 Å². The summed E-state index contributed by atoms with van der Waals surface area (Å²) in [4.78, 5) is 47.8. The van der Waals surface area contributed by atoms with Gasteiger partial charge in [0.05, 0.1) is 35.9 Å². The summed E-state index contributed by atoms with van der Waals surface area (Å²) in [5.74, 6) is -3.01. The van der Waals surface area contributed by atoms with Gasteiger partial charge in [-0.15, -0.1) is 0 Å². The van der Waals surface area contributed by atoms with E-state index >= 15 is 0 Å². The largest absolute Gasteiger partial charge is 0.465 e.